The fraction of sp³-hybridized carbons (Fsp3) is 0.170. The van der Waals surface area contributed by atoms with Gasteiger partial charge in [0.1, 0.15) is 22.7 Å². The third-order valence-electron chi connectivity index (χ3n) is 10.9. The Balaban J connectivity index is 0.000000194. The van der Waals surface area contributed by atoms with Crippen molar-refractivity contribution in [2.24, 2.45) is 0 Å². The summed E-state index contributed by atoms with van der Waals surface area (Å²) in [5.74, 6) is -1.05. The van der Waals surface area contributed by atoms with E-state index >= 15 is 0 Å². The molecule has 0 fully saturated rings. The van der Waals surface area contributed by atoms with Crippen molar-refractivity contribution < 1.29 is 18.6 Å². The minimum Gasteiger partial charge on any atom is -0.504 e. The molecule has 2 aromatic heterocycles. The summed E-state index contributed by atoms with van der Waals surface area (Å²) < 4.78 is 38.4. The molecule has 0 aliphatic heterocycles. The summed E-state index contributed by atoms with van der Waals surface area (Å²) in [5.41, 5.74) is 6.63. The van der Waals surface area contributed by atoms with E-state index in [9.17, 15) is 23.5 Å². The second-order valence-corrected chi connectivity index (χ2v) is 16.4. The van der Waals surface area contributed by atoms with Gasteiger partial charge in [0.25, 0.3) is 11.1 Å². The van der Waals surface area contributed by atoms with E-state index in [-0.39, 0.29) is 34.9 Å². The molecule has 330 valence electrons. The van der Waals surface area contributed by atoms with E-state index in [1.165, 1.54) is 22.8 Å². The first-order chi connectivity index (χ1) is 31.4. The first-order valence-electron chi connectivity index (χ1n) is 21.1. The summed E-state index contributed by atoms with van der Waals surface area (Å²) in [6.07, 6.45) is 1.23. The molecule has 0 aliphatic carbocycles. The first-order valence-corrected chi connectivity index (χ1v) is 21.9. The minimum atomic E-state index is -0.752. The molecule has 1 N–H and O–H groups in total. The lowest BCUT2D eigenvalue weighted by Crippen LogP contribution is -2.27. The van der Waals surface area contributed by atoms with E-state index in [0.717, 1.165) is 27.9 Å². The van der Waals surface area contributed by atoms with Gasteiger partial charge in [0.2, 0.25) is 0 Å². The van der Waals surface area contributed by atoms with Gasteiger partial charge in [0.05, 0.1) is 28.1 Å². The molecule has 2 heterocycles. The number of phenols is 1. The zero-order valence-corrected chi connectivity index (χ0v) is 38.1. The standard InChI is InChI=1S/C27H26FN3O2.C26H22BrFN2O2/c1-18-24(20-12-14-21(15-13-20)30(2)3)27(33)31(17-16-19-8-5-4-6-9-19)26(29-18)22-10-7-11-23(28)25(22)32;1-18-23(27)26(31)30(16-15-19-9-4-2-5-10-19)25(29-18)21-13-8-14-22(28)24(21)32-17-20-11-6-3-7-12-20/h4-15,32H,16-17H2,1-3H3;2-14H,15-17H2,1H3. The van der Waals surface area contributed by atoms with Crippen molar-refractivity contribution in [1.29, 1.82) is 0 Å². The van der Waals surface area contributed by atoms with Crippen molar-refractivity contribution in [1.82, 2.24) is 19.1 Å². The Bertz CT molecular complexity index is 3020. The monoisotopic (exact) mass is 935 g/mol. The third kappa shape index (κ3) is 10.8. The summed E-state index contributed by atoms with van der Waals surface area (Å²) in [5, 5.41) is 10.4. The van der Waals surface area contributed by atoms with Gasteiger partial charge in [-0.15, -0.1) is 0 Å². The lowest BCUT2D eigenvalue weighted by atomic mass is 10.0. The molecule has 12 heteroatoms. The molecule has 0 atom stereocenters. The van der Waals surface area contributed by atoms with Crippen LogP contribution in [0.5, 0.6) is 11.5 Å². The molecule has 8 rings (SSSR count). The van der Waals surface area contributed by atoms with E-state index < -0.39 is 17.4 Å². The van der Waals surface area contributed by atoms with Crippen LogP contribution in [-0.4, -0.2) is 38.3 Å². The fourth-order valence-electron chi connectivity index (χ4n) is 7.41. The Morgan fingerprint density at radius 1 is 0.600 bits per heavy atom. The van der Waals surface area contributed by atoms with Gasteiger partial charge < -0.3 is 14.7 Å². The Morgan fingerprint density at radius 2 is 1.09 bits per heavy atom. The van der Waals surface area contributed by atoms with Crippen molar-refractivity contribution >= 4 is 21.6 Å². The fourth-order valence-corrected chi connectivity index (χ4v) is 7.71. The van der Waals surface area contributed by atoms with Crippen molar-refractivity contribution in [2.75, 3.05) is 19.0 Å². The number of hydrogen-bond acceptors (Lipinski definition) is 7. The molecule has 0 radical (unpaired) electrons. The van der Waals surface area contributed by atoms with Crippen LogP contribution in [0.4, 0.5) is 14.5 Å². The van der Waals surface area contributed by atoms with Crippen molar-refractivity contribution in [2.45, 2.75) is 46.4 Å². The van der Waals surface area contributed by atoms with Crippen molar-refractivity contribution in [3.63, 3.8) is 0 Å². The lowest BCUT2D eigenvalue weighted by molar-refractivity contribution is 0.291. The van der Waals surface area contributed by atoms with Crippen LogP contribution in [0.25, 0.3) is 33.9 Å². The minimum absolute atomic E-state index is 0.0819. The normalized spacial score (nSPS) is 10.9. The van der Waals surface area contributed by atoms with Gasteiger partial charge >= 0.3 is 0 Å². The highest BCUT2D eigenvalue weighted by molar-refractivity contribution is 9.10. The molecule has 9 nitrogen and oxygen atoms in total. The van der Waals surface area contributed by atoms with Crippen LogP contribution in [0, 0.1) is 25.5 Å². The average Bonchev–Trinajstić information content (AvgIpc) is 3.32. The second kappa shape index (κ2) is 21.0. The topological polar surface area (TPSA) is 102 Å². The van der Waals surface area contributed by atoms with Crippen molar-refractivity contribution in [3.05, 3.63) is 217 Å². The van der Waals surface area contributed by atoms with E-state index in [0.29, 0.717) is 58.7 Å². The highest BCUT2D eigenvalue weighted by Gasteiger charge is 2.22. The zero-order valence-electron chi connectivity index (χ0n) is 36.5. The number of phenolic OH excluding ortho intramolecular Hbond substituents is 1. The summed E-state index contributed by atoms with van der Waals surface area (Å²) in [4.78, 5) is 38.2. The number of halogens is 3. The molecule has 0 spiro atoms. The van der Waals surface area contributed by atoms with Crippen LogP contribution in [0.2, 0.25) is 0 Å². The number of hydrogen-bond donors (Lipinski definition) is 1. The predicted molar refractivity (Wildman–Crippen MR) is 257 cm³/mol. The second-order valence-electron chi connectivity index (χ2n) is 15.6. The van der Waals surface area contributed by atoms with Gasteiger partial charge in [-0.3, -0.25) is 18.7 Å². The summed E-state index contributed by atoms with van der Waals surface area (Å²) in [7, 11) is 3.91. The highest BCUT2D eigenvalue weighted by atomic mass is 79.9. The number of benzene rings is 6. The van der Waals surface area contributed by atoms with Crippen LogP contribution >= 0.6 is 15.9 Å². The largest absolute Gasteiger partial charge is 0.504 e. The van der Waals surface area contributed by atoms with E-state index in [1.807, 2.05) is 134 Å². The molecule has 8 aromatic rings. The number of aromatic hydroxyl groups is 1. The number of aryl methyl sites for hydroxylation is 4. The van der Waals surface area contributed by atoms with Gasteiger partial charge in [-0.2, -0.15) is 0 Å². The molecular weight excluding hydrogens is 889 g/mol. The molecular formula is C53H48BrF2N5O4. The van der Waals surface area contributed by atoms with Gasteiger partial charge in [-0.25, -0.2) is 18.7 Å². The summed E-state index contributed by atoms with van der Waals surface area (Å²) >= 11 is 3.36. The average molecular weight is 937 g/mol. The van der Waals surface area contributed by atoms with E-state index in [2.05, 4.69) is 25.9 Å². The molecule has 0 saturated heterocycles. The third-order valence-corrected chi connectivity index (χ3v) is 11.8. The van der Waals surface area contributed by atoms with Crippen LogP contribution in [0.15, 0.2) is 166 Å². The van der Waals surface area contributed by atoms with Gasteiger partial charge in [-0.1, -0.05) is 115 Å². The molecule has 0 bridgehead atoms. The van der Waals surface area contributed by atoms with E-state index in [1.54, 1.807) is 36.6 Å². The van der Waals surface area contributed by atoms with Gasteiger partial charge in [0.15, 0.2) is 23.1 Å². The van der Waals surface area contributed by atoms with Crippen molar-refractivity contribution in [3.8, 4) is 45.4 Å². The zero-order chi connectivity index (χ0) is 46.0. The maximum absolute atomic E-state index is 14.9. The number of rotatable bonds is 13. The number of aromatic nitrogens is 4. The Labute approximate surface area is 385 Å². The van der Waals surface area contributed by atoms with Gasteiger partial charge in [-0.05, 0) is 101 Å². The molecule has 0 saturated carbocycles. The maximum atomic E-state index is 14.9. The first kappa shape index (κ1) is 45.8. The number of para-hydroxylation sites is 2. The SMILES string of the molecule is Cc1nc(-c2cccc(F)c2O)n(CCc2ccccc2)c(=O)c1-c1ccc(N(C)C)cc1.Cc1nc(-c2cccc(F)c2OCc2ccccc2)n(CCc2ccccc2)c(=O)c1Br. The number of nitrogens with zero attached hydrogens (tertiary/aromatic N) is 5. The molecule has 0 unspecified atom stereocenters. The van der Waals surface area contributed by atoms with Gasteiger partial charge in [0, 0.05) is 32.9 Å². The van der Waals surface area contributed by atoms with Crippen LogP contribution in [-0.2, 0) is 32.5 Å². The van der Waals surface area contributed by atoms with Crippen LogP contribution < -0.4 is 20.8 Å². The highest BCUT2D eigenvalue weighted by Crippen LogP contribution is 2.34. The number of anilines is 1. The number of ether oxygens (including phenoxy) is 1. The molecule has 0 aliphatic rings. The summed E-state index contributed by atoms with van der Waals surface area (Å²) in [6, 6.07) is 45.9. The Kier molecular flexibility index (Phi) is 14.8. The van der Waals surface area contributed by atoms with Crippen LogP contribution in [0.1, 0.15) is 28.1 Å². The van der Waals surface area contributed by atoms with E-state index in [4.69, 9.17) is 4.74 Å². The maximum Gasteiger partial charge on any atom is 0.268 e. The molecule has 65 heavy (non-hydrogen) atoms. The Morgan fingerprint density at radius 3 is 1.66 bits per heavy atom. The summed E-state index contributed by atoms with van der Waals surface area (Å²) in [6.45, 7) is 4.46. The quantitative estimate of drug-likeness (QED) is 0.123. The molecule has 0 amide bonds. The lowest BCUT2D eigenvalue weighted by Gasteiger charge is -2.18. The predicted octanol–water partition coefficient (Wildman–Crippen LogP) is 11.0. The Hall–Kier alpha value is -7.18. The molecule has 6 aromatic carbocycles. The smallest absolute Gasteiger partial charge is 0.268 e. The van der Waals surface area contributed by atoms with Crippen LogP contribution in [0.3, 0.4) is 0 Å².